The van der Waals surface area contributed by atoms with Gasteiger partial charge in [0.1, 0.15) is 5.82 Å². The van der Waals surface area contributed by atoms with Gasteiger partial charge < -0.3 is 15.2 Å². The molecule has 0 saturated heterocycles. The summed E-state index contributed by atoms with van der Waals surface area (Å²) in [5.41, 5.74) is 8.72. The molecule has 0 spiro atoms. The lowest BCUT2D eigenvalue weighted by molar-refractivity contribution is 0.561. The summed E-state index contributed by atoms with van der Waals surface area (Å²) in [4.78, 5) is 11.2. The van der Waals surface area contributed by atoms with Gasteiger partial charge in [-0.25, -0.2) is 4.98 Å². The lowest BCUT2D eigenvalue weighted by Crippen LogP contribution is -2.33. The van der Waals surface area contributed by atoms with Gasteiger partial charge in [-0.15, -0.1) is 0 Å². The lowest BCUT2D eigenvalue weighted by Gasteiger charge is -2.30. The molecule has 0 aliphatic carbocycles. The number of imidazole rings is 1. The van der Waals surface area contributed by atoms with Crippen LogP contribution in [0.3, 0.4) is 0 Å². The van der Waals surface area contributed by atoms with E-state index in [2.05, 4.69) is 25.5 Å². The number of nitrogens with two attached hydrogens (primary N) is 1. The lowest BCUT2D eigenvalue weighted by atomic mass is 10.1. The van der Waals surface area contributed by atoms with Crippen LogP contribution in [-0.2, 0) is 13.1 Å². The Morgan fingerprint density at radius 2 is 2.00 bits per heavy atom. The molecular formula is C15H15N5. The van der Waals surface area contributed by atoms with Crippen molar-refractivity contribution in [3.63, 3.8) is 0 Å². The number of aromatic nitrogens is 3. The van der Waals surface area contributed by atoms with Gasteiger partial charge in [-0.1, -0.05) is 0 Å². The number of fused-ring (bicyclic) bond motifs is 2. The molecule has 1 aromatic carbocycles. The van der Waals surface area contributed by atoms with Crippen LogP contribution >= 0.6 is 0 Å². The Hall–Kier alpha value is -2.56. The van der Waals surface area contributed by atoms with Gasteiger partial charge in [-0.05, 0) is 24.3 Å². The number of hydrogen-bond acceptors (Lipinski definition) is 4. The van der Waals surface area contributed by atoms with Crippen molar-refractivity contribution in [3.05, 3.63) is 48.7 Å². The maximum absolute atomic E-state index is 5.83. The van der Waals surface area contributed by atoms with E-state index in [1.165, 1.54) is 5.69 Å². The number of hydrogen-bond donors (Lipinski definition) is 1. The van der Waals surface area contributed by atoms with Crippen molar-refractivity contribution < 1.29 is 0 Å². The summed E-state index contributed by atoms with van der Waals surface area (Å²) in [7, 11) is 0. The van der Waals surface area contributed by atoms with Crippen molar-refractivity contribution >= 4 is 22.3 Å². The van der Waals surface area contributed by atoms with Gasteiger partial charge in [0, 0.05) is 48.4 Å². The quantitative estimate of drug-likeness (QED) is 0.684. The van der Waals surface area contributed by atoms with Gasteiger partial charge in [0.05, 0.1) is 12.1 Å². The van der Waals surface area contributed by atoms with E-state index in [9.17, 15) is 0 Å². The first-order chi connectivity index (χ1) is 9.81. The molecule has 1 aliphatic rings. The molecule has 100 valence electrons. The molecule has 3 heterocycles. The normalized spacial score (nSPS) is 14.5. The number of pyridine rings is 1. The van der Waals surface area contributed by atoms with E-state index < -0.39 is 0 Å². The van der Waals surface area contributed by atoms with Crippen LogP contribution in [0.1, 0.15) is 5.82 Å². The highest BCUT2D eigenvalue weighted by molar-refractivity contribution is 5.93. The van der Waals surface area contributed by atoms with Crippen molar-refractivity contribution in [1.82, 2.24) is 14.5 Å². The molecule has 0 bridgehead atoms. The summed E-state index contributed by atoms with van der Waals surface area (Å²) in [6, 6.07) is 7.97. The number of anilines is 2. The average molecular weight is 265 g/mol. The zero-order valence-corrected chi connectivity index (χ0v) is 11.0. The second-order valence-electron chi connectivity index (χ2n) is 5.07. The molecule has 2 aromatic heterocycles. The minimum atomic E-state index is 0.747. The number of nitrogens with zero attached hydrogens (tertiary/aromatic N) is 4. The van der Waals surface area contributed by atoms with Crippen LogP contribution in [0.5, 0.6) is 0 Å². The van der Waals surface area contributed by atoms with E-state index in [0.29, 0.717) is 0 Å². The van der Waals surface area contributed by atoms with Crippen LogP contribution in [0.25, 0.3) is 10.9 Å². The monoisotopic (exact) mass is 265 g/mol. The molecule has 0 saturated carbocycles. The molecule has 0 fully saturated rings. The summed E-state index contributed by atoms with van der Waals surface area (Å²) in [5, 5.41) is 1.14. The fraction of sp³-hybridized carbons (Fsp3) is 0.200. The van der Waals surface area contributed by atoms with Crippen molar-refractivity contribution in [2.75, 3.05) is 17.2 Å². The Kier molecular flexibility index (Phi) is 2.39. The number of nitrogen functional groups attached to an aromatic ring is 1. The molecule has 5 nitrogen and oxygen atoms in total. The van der Waals surface area contributed by atoms with Crippen molar-refractivity contribution in [3.8, 4) is 0 Å². The van der Waals surface area contributed by atoms with E-state index in [1.54, 1.807) is 0 Å². The van der Waals surface area contributed by atoms with Crippen molar-refractivity contribution in [2.45, 2.75) is 13.1 Å². The molecule has 0 unspecified atom stereocenters. The highest BCUT2D eigenvalue weighted by Gasteiger charge is 2.18. The summed E-state index contributed by atoms with van der Waals surface area (Å²) in [5.74, 6) is 1.11. The molecule has 1 aliphatic heterocycles. The molecule has 0 atom stereocenters. The van der Waals surface area contributed by atoms with Crippen LogP contribution in [0.15, 0.2) is 42.9 Å². The third-order valence-electron chi connectivity index (χ3n) is 3.83. The molecule has 4 rings (SSSR count). The van der Waals surface area contributed by atoms with Gasteiger partial charge in [-0.3, -0.25) is 4.98 Å². The van der Waals surface area contributed by atoms with E-state index in [4.69, 9.17) is 5.73 Å². The number of rotatable bonds is 1. The minimum absolute atomic E-state index is 0.747. The van der Waals surface area contributed by atoms with Gasteiger partial charge in [0.2, 0.25) is 0 Å². The Morgan fingerprint density at radius 3 is 2.95 bits per heavy atom. The smallest absolute Gasteiger partial charge is 0.128 e. The Balaban J connectivity index is 1.80. The molecule has 2 N–H and O–H groups in total. The minimum Gasteiger partial charge on any atom is -0.399 e. The van der Waals surface area contributed by atoms with Crippen molar-refractivity contribution in [1.29, 1.82) is 0 Å². The zero-order chi connectivity index (χ0) is 13.5. The van der Waals surface area contributed by atoms with Crippen LogP contribution in [-0.4, -0.2) is 21.1 Å². The van der Waals surface area contributed by atoms with Crippen LogP contribution in [0, 0.1) is 0 Å². The topological polar surface area (TPSA) is 60.0 Å². The molecule has 5 heteroatoms. The van der Waals surface area contributed by atoms with Crippen LogP contribution in [0.4, 0.5) is 11.4 Å². The van der Waals surface area contributed by atoms with E-state index in [0.717, 1.165) is 42.0 Å². The molecule has 0 amide bonds. The van der Waals surface area contributed by atoms with E-state index >= 15 is 0 Å². The summed E-state index contributed by atoms with van der Waals surface area (Å²) >= 11 is 0. The molecular weight excluding hydrogens is 250 g/mol. The molecule has 0 radical (unpaired) electrons. The van der Waals surface area contributed by atoms with Gasteiger partial charge in [-0.2, -0.15) is 0 Å². The summed E-state index contributed by atoms with van der Waals surface area (Å²) in [6.07, 6.45) is 5.75. The second-order valence-corrected chi connectivity index (χ2v) is 5.07. The zero-order valence-electron chi connectivity index (χ0n) is 11.0. The third kappa shape index (κ3) is 1.71. The third-order valence-corrected chi connectivity index (χ3v) is 3.83. The highest BCUT2D eigenvalue weighted by atomic mass is 15.2. The summed E-state index contributed by atoms with van der Waals surface area (Å²) in [6.45, 7) is 2.78. The van der Waals surface area contributed by atoms with Crippen molar-refractivity contribution in [2.24, 2.45) is 0 Å². The Labute approximate surface area is 116 Å². The number of benzene rings is 1. The van der Waals surface area contributed by atoms with Gasteiger partial charge in [0.15, 0.2) is 0 Å². The Bertz CT molecular complexity index is 777. The SMILES string of the molecule is Nc1ccc2c(N3CCn4ccnc4C3)ccnc2c1. The predicted octanol–water partition coefficient (Wildman–Crippen LogP) is 2.03. The second kappa shape index (κ2) is 4.23. The largest absolute Gasteiger partial charge is 0.399 e. The maximum Gasteiger partial charge on any atom is 0.128 e. The van der Waals surface area contributed by atoms with Gasteiger partial charge >= 0.3 is 0 Å². The van der Waals surface area contributed by atoms with Crippen LogP contribution in [0.2, 0.25) is 0 Å². The maximum atomic E-state index is 5.83. The fourth-order valence-electron chi connectivity index (χ4n) is 2.80. The van der Waals surface area contributed by atoms with E-state index in [-0.39, 0.29) is 0 Å². The first-order valence-electron chi connectivity index (χ1n) is 6.70. The average Bonchev–Trinajstić information content (AvgIpc) is 2.93. The molecule has 3 aromatic rings. The highest BCUT2D eigenvalue weighted by Crippen LogP contribution is 2.28. The van der Waals surface area contributed by atoms with E-state index in [1.807, 2.05) is 36.8 Å². The van der Waals surface area contributed by atoms with Gasteiger partial charge in [0.25, 0.3) is 0 Å². The van der Waals surface area contributed by atoms with Crippen LogP contribution < -0.4 is 10.6 Å². The fourth-order valence-corrected chi connectivity index (χ4v) is 2.80. The first kappa shape index (κ1) is 11.3. The summed E-state index contributed by atoms with van der Waals surface area (Å²) < 4.78 is 2.21. The first-order valence-corrected chi connectivity index (χ1v) is 6.70. The standard InChI is InChI=1S/C15H15N5/c16-11-1-2-12-13(9-11)17-4-3-14(12)20-8-7-19-6-5-18-15(19)10-20/h1-6,9H,7-8,10,16H2. The Morgan fingerprint density at radius 1 is 1.05 bits per heavy atom. The predicted molar refractivity (Wildman–Crippen MR) is 79.4 cm³/mol. The molecule has 20 heavy (non-hydrogen) atoms.